The van der Waals surface area contributed by atoms with E-state index in [1.54, 1.807) is 19.0 Å². The number of hydrogen-bond donors (Lipinski definition) is 0. The van der Waals surface area contributed by atoms with Gasteiger partial charge >= 0.3 is 0 Å². The third kappa shape index (κ3) is 3.30. The van der Waals surface area contributed by atoms with Gasteiger partial charge in [-0.05, 0) is 19.4 Å². The number of ketones is 1. The number of carbonyl (C=O) groups excluding carboxylic acids is 2. The van der Waals surface area contributed by atoms with Crippen LogP contribution in [0.2, 0.25) is 0 Å². The molecule has 16 heavy (non-hydrogen) atoms. The van der Waals surface area contributed by atoms with Crippen LogP contribution < -0.4 is 0 Å². The van der Waals surface area contributed by atoms with Gasteiger partial charge in [-0.3, -0.25) is 14.5 Å². The number of nitrogens with zero attached hydrogens (tertiary/aromatic N) is 2. The van der Waals surface area contributed by atoms with Crippen molar-refractivity contribution in [2.24, 2.45) is 0 Å². The van der Waals surface area contributed by atoms with Gasteiger partial charge in [-0.25, -0.2) is 0 Å². The van der Waals surface area contributed by atoms with E-state index >= 15 is 0 Å². The van der Waals surface area contributed by atoms with Gasteiger partial charge in [0.1, 0.15) is 5.78 Å². The molecule has 4 nitrogen and oxygen atoms in total. The molecule has 0 aliphatic heterocycles. The zero-order valence-corrected chi connectivity index (χ0v) is 10.5. The van der Waals surface area contributed by atoms with Crippen molar-refractivity contribution in [3.63, 3.8) is 0 Å². The van der Waals surface area contributed by atoms with E-state index < -0.39 is 0 Å². The first kappa shape index (κ1) is 13.2. The van der Waals surface area contributed by atoms with Crippen LogP contribution in [0.3, 0.4) is 0 Å². The SMILES string of the molecule is CCN(CC(=O)N(C)C)C1CCCCC1=O. The van der Waals surface area contributed by atoms with E-state index in [9.17, 15) is 9.59 Å². The average Bonchev–Trinajstić information content (AvgIpc) is 2.26. The van der Waals surface area contributed by atoms with Crippen LogP contribution in [0.1, 0.15) is 32.6 Å². The minimum absolute atomic E-state index is 0.0253. The molecule has 0 aromatic carbocycles. The van der Waals surface area contributed by atoms with E-state index in [1.165, 1.54) is 0 Å². The van der Waals surface area contributed by atoms with Gasteiger partial charge in [0.2, 0.25) is 5.91 Å². The fraction of sp³-hybridized carbons (Fsp3) is 0.833. The largest absolute Gasteiger partial charge is 0.348 e. The summed E-state index contributed by atoms with van der Waals surface area (Å²) in [6.07, 6.45) is 3.70. The molecule has 0 aromatic heterocycles. The fourth-order valence-electron chi connectivity index (χ4n) is 2.11. The molecule has 1 amide bonds. The van der Waals surface area contributed by atoms with Crippen molar-refractivity contribution in [1.82, 2.24) is 9.80 Å². The first-order chi connectivity index (χ1) is 7.56. The number of likely N-dealkylation sites (N-methyl/N-ethyl adjacent to an activating group) is 2. The van der Waals surface area contributed by atoms with Gasteiger partial charge < -0.3 is 4.90 Å². The van der Waals surface area contributed by atoms with E-state index in [1.807, 2.05) is 11.8 Å². The molecule has 1 fully saturated rings. The molecule has 0 heterocycles. The van der Waals surface area contributed by atoms with Gasteiger partial charge in [-0.2, -0.15) is 0 Å². The van der Waals surface area contributed by atoms with Crippen molar-refractivity contribution in [3.05, 3.63) is 0 Å². The summed E-state index contributed by atoms with van der Waals surface area (Å²) in [6.45, 7) is 3.13. The molecule has 0 radical (unpaired) electrons. The van der Waals surface area contributed by atoms with Gasteiger partial charge in [0.05, 0.1) is 12.6 Å². The normalized spacial score (nSPS) is 21.2. The van der Waals surface area contributed by atoms with Gasteiger partial charge in [0, 0.05) is 20.5 Å². The summed E-state index contributed by atoms with van der Waals surface area (Å²) in [4.78, 5) is 27.0. The molecule has 1 aliphatic rings. The molecule has 92 valence electrons. The minimum atomic E-state index is -0.0253. The highest BCUT2D eigenvalue weighted by Crippen LogP contribution is 2.19. The topological polar surface area (TPSA) is 40.6 Å². The van der Waals surface area contributed by atoms with Crippen LogP contribution in [0.15, 0.2) is 0 Å². The molecule has 1 rings (SSSR count). The number of hydrogen-bond acceptors (Lipinski definition) is 3. The Balaban J connectivity index is 2.58. The second kappa shape index (κ2) is 5.99. The van der Waals surface area contributed by atoms with Crippen molar-refractivity contribution in [2.45, 2.75) is 38.6 Å². The molecule has 0 bridgehead atoms. The summed E-state index contributed by atoms with van der Waals surface area (Å²) >= 11 is 0. The Hall–Kier alpha value is -0.900. The first-order valence-electron chi connectivity index (χ1n) is 6.03. The maximum absolute atomic E-state index is 11.8. The van der Waals surface area contributed by atoms with Crippen LogP contribution in [-0.4, -0.2) is 54.7 Å². The number of Topliss-reactive ketones (excluding diaryl/α,β-unsaturated/α-hetero) is 1. The highest BCUT2D eigenvalue weighted by molar-refractivity contribution is 5.85. The van der Waals surface area contributed by atoms with Crippen molar-refractivity contribution in [3.8, 4) is 0 Å². The monoisotopic (exact) mass is 226 g/mol. The molecule has 4 heteroatoms. The van der Waals surface area contributed by atoms with Crippen molar-refractivity contribution in [1.29, 1.82) is 0 Å². The molecule has 0 saturated heterocycles. The quantitative estimate of drug-likeness (QED) is 0.715. The van der Waals surface area contributed by atoms with Crippen LogP contribution in [0.25, 0.3) is 0 Å². The Morgan fingerprint density at radius 1 is 1.38 bits per heavy atom. The minimum Gasteiger partial charge on any atom is -0.348 e. The molecule has 1 saturated carbocycles. The van der Waals surface area contributed by atoms with Crippen LogP contribution in [0.5, 0.6) is 0 Å². The first-order valence-corrected chi connectivity index (χ1v) is 6.03. The Morgan fingerprint density at radius 2 is 2.06 bits per heavy atom. The lowest BCUT2D eigenvalue weighted by Crippen LogP contribution is -2.47. The van der Waals surface area contributed by atoms with Gasteiger partial charge in [0.25, 0.3) is 0 Å². The Labute approximate surface area is 97.6 Å². The third-order valence-corrected chi connectivity index (χ3v) is 3.21. The number of carbonyl (C=O) groups is 2. The zero-order valence-electron chi connectivity index (χ0n) is 10.5. The highest BCUT2D eigenvalue weighted by Gasteiger charge is 2.28. The van der Waals surface area contributed by atoms with E-state index in [0.717, 1.165) is 25.8 Å². The summed E-state index contributed by atoms with van der Waals surface area (Å²) in [5.41, 5.74) is 0. The lowest BCUT2D eigenvalue weighted by atomic mass is 9.93. The van der Waals surface area contributed by atoms with E-state index in [-0.39, 0.29) is 11.9 Å². The summed E-state index contributed by atoms with van der Waals surface area (Å²) < 4.78 is 0. The standard InChI is InChI=1S/C12H22N2O2/c1-4-14(9-12(16)13(2)3)10-7-5-6-8-11(10)15/h10H,4-9H2,1-3H3. The Morgan fingerprint density at radius 3 is 2.56 bits per heavy atom. The summed E-state index contributed by atoms with van der Waals surface area (Å²) in [5.74, 6) is 0.375. The molecule has 0 aromatic rings. The van der Waals surface area contributed by atoms with Crippen molar-refractivity contribution in [2.75, 3.05) is 27.2 Å². The maximum atomic E-state index is 11.8. The van der Waals surface area contributed by atoms with Crippen LogP contribution in [0.4, 0.5) is 0 Å². The Bertz CT molecular complexity index is 264. The van der Waals surface area contributed by atoms with Crippen molar-refractivity contribution >= 4 is 11.7 Å². The van der Waals surface area contributed by atoms with Gasteiger partial charge in [-0.1, -0.05) is 13.3 Å². The Kier molecular flexibility index (Phi) is 4.93. The lowest BCUT2D eigenvalue weighted by molar-refractivity contribution is -0.133. The zero-order chi connectivity index (χ0) is 12.1. The second-order valence-electron chi connectivity index (χ2n) is 4.58. The second-order valence-corrected chi connectivity index (χ2v) is 4.58. The molecule has 0 N–H and O–H groups in total. The van der Waals surface area contributed by atoms with Gasteiger partial charge in [-0.15, -0.1) is 0 Å². The molecule has 1 atom stereocenters. The molecule has 0 spiro atoms. The number of rotatable bonds is 4. The summed E-state index contributed by atoms with van der Waals surface area (Å²) in [6, 6.07) is -0.0253. The summed E-state index contributed by atoms with van der Waals surface area (Å²) in [7, 11) is 3.50. The maximum Gasteiger partial charge on any atom is 0.236 e. The predicted molar refractivity (Wildman–Crippen MR) is 63.2 cm³/mol. The lowest BCUT2D eigenvalue weighted by Gasteiger charge is -2.32. The predicted octanol–water partition coefficient (Wildman–Crippen LogP) is 0.908. The van der Waals surface area contributed by atoms with Crippen LogP contribution >= 0.6 is 0 Å². The fourth-order valence-corrected chi connectivity index (χ4v) is 2.11. The highest BCUT2D eigenvalue weighted by atomic mass is 16.2. The van der Waals surface area contributed by atoms with Crippen molar-refractivity contribution < 1.29 is 9.59 Å². The van der Waals surface area contributed by atoms with E-state index in [4.69, 9.17) is 0 Å². The van der Waals surface area contributed by atoms with E-state index in [0.29, 0.717) is 18.7 Å². The smallest absolute Gasteiger partial charge is 0.236 e. The molecular formula is C12H22N2O2. The third-order valence-electron chi connectivity index (χ3n) is 3.21. The van der Waals surface area contributed by atoms with Gasteiger partial charge in [0.15, 0.2) is 0 Å². The summed E-state index contributed by atoms with van der Waals surface area (Å²) in [5, 5.41) is 0. The average molecular weight is 226 g/mol. The molecule has 1 aliphatic carbocycles. The molecular weight excluding hydrogens is 204 g/mol. The number of amides is 1. The van der Waals surface area contributed by atoms with E-state index in [2.05, 4.69) is 0 Å². The van der Waals surface area contributed by atoms with Crippen LogP contribution in [-0.2, 0) is 9.59 Å². The van der Waals surface area contributed by atoms with Crippen LogP contribution in [0, 0.1) is 0 Å². The molecule has 1 unspecified atom stereocenters.